The zero-order valence-electron chi connectivity index (χ0n) is 10.9. The first kappa shape index (κ1) is 13.8. The van der Waals surface area contributed by atoms with Gasteiger partial charge >= 0.3 is 0 Å². The minimum Gasteiger partial charge on any atom is -0.496 e. The second-order valence-electron chi connectivity index (χ2n) is 4.23. The highest BCUT2D eigenvalue weighted by atomic mass is 16.5. The van der Waals surface area contributed by atoms with Crippen molar-refractivity contribution >= 4 is 5.69 Å². The monoisotopic (exact) mass is 237 g/mol. The number of hydrogen-bond acceptors (Lipinski definition) is 4. The highest BCUT2D eigenvalue weighted by Crippen LogP contribution is 2.24. The lowest BCUT2D eigenvalue weighted by atomic mass is 10.1. The van der Waals surface area contributed by atoms with E-state index in [0.717, 1.165) is 24.4 Å². The molecule has 1 rings (SSSR count). The van der Waals surface area contributed by atoms with Crippen molar-refractivity contribution in [2.75, 3.05) is 32.1 Å². The first-order valence-electron chi connectivity index (χ1n) is 5.96. The number of likely N-dealkylation sites (N-methyl/N-ethyl adjacent to an activating group) is 1. The Hall–Kier alpha value is -1.26. The molecule has 0 aliphatic carbocycles. The molecule has 96 valence electrons. The van der Waals surface area contributed by atoms with Gasteiger partial charge in [-0.1, -0.05) is 6.92 Å². The Morgan fingerprint density at radius 2 is 2.12 bits per heavy atom. The molecule has 1 aromatic carbocycles. The molecule has 1 atom stereocenters. The van der Waals surface area contributed by atoms with Crippen molar-refractivity contribution in [1.82, 2.24) is 0 Å². The minimum atomic E-state index is 0.00665. The van der Waals surface area contributed by atoms with E-state index < -0.39 is 0 Å². The van der Waals surface area contributed by atoms with E-state index in [2.05, 4.69) is 17.9 Å². The van der Waals surface area contributed by atoms with E-state index in [-0.39, 0.29) is 6.04 Å². The first-order chi connectivity index (χ1) is 8.12. The van der Waals surface area contributed by atoms with Gasteiger partial charge < -0.3 is 21.1 Å². The quantitative estimate of drug-likeness (QED) is 0.774. The van der Waals surface area contributed by atoms with E-state index in [1.165, 1.54) is 5.56 Å². The third-order valence-electron chi connectivity index (χ3n) is 2.90. The smallest absolute Gasteiger partial charge is 0.122 e. The Balaban J connectivity index is 2.84. The number of methoxy groups -OCH3 is 1. The van der Waals surface area contributed by atoms with Gasteiger partial charge in [0.2, 0.25) is 0 Å². The van der Waals surface area contributed by atoms with Crippen LogP contribution in [0.25, 0.3) is 0 Å². The van der Waals surface area contributed by atoms with Gasteiger partial charge in [0.1, 0.15) is 5.75 Å². The van der Waals surface area contributed by atoms with Crippen LogP contribution in [-0.4, -0.2) is 33.3 Å². The molecule has 4 heteroatoms. The number of ether oxygens (including phenoxy) is 1. The Morgan fingerprint density at radius 3 is 2.65 bits per heavy atom. The summed E-state index contributed by atoms with van der Waals surface area (Å²) < 4.78 is 5.31. The average molecular weight is 237 g/mol. The largest absolute Gasteiger partial charge is 0.496 e. The van der Waals surface area contributed by atoms with Crippen molar-refractivity contribution in [3.8, 4) is 5.75 Å². The number of rotatable bonds is 6. The normalized spacial score (nSPS) is 12.3. The Bertz CT molecular complexity index is 355. The maximum absolute atomic E-state index is 5.85. The molecule has 0 saturated carbocycles. The number of aryl methyl sites for hydroxylation is 1. The molecule has 0 spiro atoms. The third kappa shape index (κ3) is 3.61. The maximum atomic E-state index is 5.85. The van der Waals surface area contributed by atoms with Crippen molar-refractivity contribution < 1.29 is 4.74 Å². The predicted molar refractivity (Wildman–Crippen MR) is 72.7 cm³/mol. The van der Waals surface area contributed by atoms with Crippen molar-refractivity contribution in [2.45, 2.75) is 19.4 Å². The molecule has 0 amide bonds. The molecule has 1 unspecified atom stereocenters. The fraction of sp³-hybridized carbons (Fsp3) is 0.538. The summed E-state index contributed by atoms with van der Waals surface area (Å²) in [4.78, 5) is 2.12. The lowest BCUT2D eigenvalue weighted by Gasteiger charge is -2.23. The van der Waals surface area contributed by atoms with Crippen molar-refractivity contribution in [3.63, 3.8) is 0 Å². The second-order valence-corrected chi connectivity index (χ2v) is 4.23. The van der Waals surface area contributed by atoms with E-state index >= 15 is 0 Å². The molecule has 0 bridgehead atoms. The summed E-state index contributed by atoms with van der Waals surface area (Å²) in [6, 6.07) is 6.19. The molecular formula is C13H23N3O. The van der Waals surface area contributed by atoms with Crippen LogP contribution in [0.15, 0.2) is 18.2 Å². The van der Waals surface area contributed by atoms with Crippen molar-refractivity contribution in [2.24, 2.45) is 11.5 Å². The van der Waals surface area contributed by atoms with Crippen LogP contribution in [0.2, 0.25) is 0 Å². The molecule has 0 aromatic heterocycles. The topological polar surface area (TPSA) is 64.5 Å². The molecule has 1 aromatic rings. The molecule has 0 aliphatic heterocycles. The lowest BCUT2D eigenvalue weighted by Crippen LogP contribution is -2.40. The number of anilines is 1. The summed E-state index contributed by atoms with van der Waals surface area (Å²) in [5.41, 5.74) is 13.7. The van der Waals surface area contributed by atoms with Crippen LogP contribution in [-0.2, 0) is 6.42 Å². The Kier molecular flexibility index (Phi) is 5.25. The second kappa shape index (κ2) is 6.47. The van der Waals surface area contributed by atoms with Gasteiger partial charge in [-0.25, -0.2) is 0 Å². The highest BCUT2D eigenvalue weighted by molar-refractivity contribution is 5.52. The summed E-state index contributed by atoms with van der Waals surface area (Å²) in [6.07, 6.45) is 0.952. The summed E-state index contributed by atoms with van der Waals surface area (Å²) in [5, 5.41) is 0. The fourth-order valence-electron chi connectivity index (χ4n) is 1.81. The van der Waals surface area contributed by atoms with Crippen LogP contribution < -0.4 is 21.1 Å². The molecule has 17 heavy (non-hydrogen) atoms. The van der Waals surface area contributed by atoms with E-state index in [1.54, 1.807) is 7.11 Å². The van der Waals surface area contributed by atoms with Crippen LogP contribution in [0.5, 0.6) is 5.75 Å². The molecule has 4 N–H and O–H groups in total. The molecule has 0 radical (unpaired) electrons. The maximum Gasteiger partial charge on any atom is 0.122 e. The highest BCUT2D eigenvalue weighted by Gasteiger charge is 2.08. The zero-order valence-corrected chi connectivity index (χ0v) is 10.9. The van der Waals surface area contributed by atoms with Gasteiger partial charge in [0, 0.05) is 31.9 Å². The Labute approximate surface area is 104 Å². The molecule has 0 aliphatic rings. The standard InChI is InChI=1S/C13H23N3O/c1-4-10-7-12(5-6-13(10)17-3)16(2)9-11(15)8-14/h5-7,11H,4,8-9,14-15H2,1-3H3. The van der Waals surface area contributed by atoms with Crippen molar-refractivity contribution in [3.05, 3.63) is 23.8 Å². The van der Waals surface area contributed by atoms with Crippen LogP contribution >= 0.6 is 0 Å². The zero-order chi connectivity index (χ0) is 12.8. The molecule has 0 saturated heterocycles. The minimum absolute atomic E-state index is 0.00665. The summed E-state index contributed by atoms with van der Waals surface area (Å²) in [5.74, 6) is 0.938. The summed E-state index contributed by atoms with van der Waals surface area (Å²) in [7, 11) is 3.72. The van der Waals surface area contributed by atoms with Crippen LogP contribution in [0.1, 0.15) is 12.5 Å². The molecule has 0 fully saturated rings. The van der Waals surface area contributed by atoms with Crippen LogP contribution in [0.4, 0.5) is 5.69 Å². The van der Waals surface area contributed by atoms with E-state index in [9.17, 15) is 0 Å². The fourth-order valence-corrected chi connectivity index (χ4v) is 1.81. The van der Waals surface area contributed by atoms with Gasteiger partial charge in [-0.05, 0) is 30.2 Å². The number of benzene rings is 1. The van der Waals surface area contributed by atoms with E-state index in [0.29, 0.717) is 6.54 Å². The van der Waals surface area contributed by atoms with Gasteiger partial charge in [-0.15, -0.1) is 0 Å². The van der Waals surface area contributed by atoms with E-state index in [1.807, 2.05) is 19.2 Å². The lowest BCUT2D eigenvalue weighted by molar-refractivity contribution is 0.410. The van der Waals surface area contributed by atoms with Crippen LogP contribution in [0, 0.1) is 0 Å². The summed E-state index contributed by atoms with van der Waals surface area (Å²) in [6.45, 7) is 3.38. The van der Waals surface area contributed by atoms with Crippen LogP contribution in [0.3, 0.4) is 0 Å². The van der Waals surface area contributed by atoms with E-state index in [4.69, 9.17) is 16.2 Å². The molecule has 0 heterocycles. The third-order valence-corrected chi connectivity index (χ3v) is 2.90. The SMILES string of the molecule is CCc1cc(N(C)CC(N)CN)ccc1OC. The molecular weight excluding hydrogens is 214 g/mol. The molecule has 4 nitrogen and oxygen atoms in total. The predicted octanol–water partition coefficient (Wildman–Crippen LogP) is 0.980. The summed E-state index contributed by atoms with van der Waals surface area (Å²) >= 11 is 0. The van der Waals surface area contributed by atoms with Gasteiger partial charge in [0.15, 0.2) is 0 Å². The number of hydrogen-bond donors (Lipinski definition) is 2. The number of nitrogens with zero attached hydrogens (tertiary/aromatic N) is 1. The first-order valence-corrected chi connectivity index (χ1v) is 5.96. The van der Waals surface area contributed by atoms with Gasteiger partial charge in [0.25, 0.3) is 0 Å². The van der Waals surface area contributed by atoms with Gasteiger partial charge in [-0.3, -0.25) is 0 Å². The Morgan fingerprint density at radius 1 is 1.41 bits per heavy atom. The van der Waals surface area contributed by atoms with Gasteiger partial charge in [-0.2, -0.15) is 0 Å². The number of nitrogens with two attached hydrogens (primary N) is 2. The average Bonchev–Trinajstić information content (AvgIpc) is 2.37. The van der Waals surface area contributed by atoms with Gasteiger partial charge in [0.05, 0.1) is 7.11 Å². The van der Waals surface area contributed by atoms with Crippen molar-refractivity contribution in [1.29, 1.82) is 0 Å².